The lowest BCUT2D eigenvalue weighted by molar-refractivity contribution is 0.214. The van der Waals surface area contributed by atoms with E-state index in [1.165, 1.54) is 25.7 Å². The predicted molar refractivity (Wildman–Crippen MR) is 75.6 cm³/mol. The molecule has 0 saturated heterocycles. The van der Waals surface area contributed by atoms with Crippen molar-refractivity contribution in [2.24, 2.45) is 17.7 Å². The third-order valence-electron chi connectivity index (χ3n) is 4.29. The monoisotopic (exact) mass is 266 g/mol. The van der Waals surface area contributed by atoms with Crippen LogP contribution in [0, 0.1) is 11.8 Å². The van der Waals surface area contributed by atoms with Gasteiger partial charge in [0, 0.05) is 6.54 Å². The van der Waals surface area contributed by atoms with Gasteiger partial charge in [0.15, 0.2) is 5.75 Å². The third kappa shape index (κ3) is 2.92. The molecule has 3 unspecified atom stereocenters. The molecule has 19 heavy (non-hydrogen) atoms. The molecule has 1 aromatic heterocycles. The minimum atomic E-state index is 0.125. The van der Waals surface area contributed by atoms with E-state index in [4.69, 9.17) is 10.6 Å². The number of nitrogens with one attached hydrogen (secondary N) is 1. The summed E-state index contributed by atoms with van der Waals surface area (Å²) in [4.78, 5) is 0. The molecule has 0 spiro atoms. The molecule has 0 aromatic carbocycles. The number of rotatable bonds is 5. The summed E-state index contributed by atoms with van der Waals surface area (Å²) in [6.45, 7) is 5.25. The molecule has 0 bridgehead atoms. The number of hydrazine groups is 1. The molecule has 1 aromatic rings. The Bertz CT molecular complexity index is 383. The van der Waals surface area contributed by atoms with E-state index >= 15 is 0 Å². The molecule has 1 fully saturated rings. The maximum absolute atomic E-state index is 5.84. The van der Waals surface area contributed by atoms with E-state index in [0.29, 0.717) is 5.92 Å². The summed E-state index contributed by atoms with van der Waals surface area (Å²) in [5.74, 6) is 8.01. The van der Waals surface area contributed by atoms with Crippen LogP contribution in [-0.4, -0.2) is 16.9 Å². The van der Waals surface area contributed by atoms with Crippen molar-refractivity contribution in [2.75, 3.05) is 7.11 Å². The SMILES string of the molecule is CCn1ncc(OC)c1C(NN)C1CCCC(C)C1. The van der Waals surface area contributed by atoms with Crippen LogP contribution in [0.2, 0.25) is 0 Å². The van der Waals surface area contributed by atoms with Crippen LogP contribution in [-0.2, 0) is 6.54 Å². The van der Waals surface area contributed by atoms with Crippen molar-refractivity contribution in [3.63, 3.8) is 0 Å². The van der Waals surface area contributed by atoms with E-state index in [9.17, 15) is 0 Å². The van der Waals surface area contributed by atoms with Gasteiger partial charge in [0.1, 0.15) is 0 Å². The van der Waals surface area contributed by atoms with Crippen molar-refractivity contribution in [1.29, 1.82) is 0 Å². The average Bonchev–Trinajstić information content (AvgIpc) is 2.83. The van der Waals surface area contributed by atoms with Crippen LogP contribution in [0.5, 0.6) is 5.75 Å². The Kier molecular flexibility index (Phi) is 4.82. The number of nitrogens with two attached hydrogens (primary N) is 1. The topological polar surface area (TPSA) is 65.1 Å². The largest absolute Gasteiger partial charge is 0.493 e. The smallest absolute Gasteiger partial charge is 0.161 e. The summed E-state index contributed by atoms with van der Waals surface area (Å²) in [7, 11) is 1.69. The Morgan fingerprint density at radius 1 is 1.58 bits per heavy atom. The maximum atomic E-state index is 5.84. The van der Waals surface area contributed by atoms with Crippen molar-refractivity contribution in [3.8, 4) is 5.75 Å². The van der Waals surface area contributed by atoms with Gasteiger partial charge in [0.2, 0.25) is 0 Å². The van der Waals surface area contributed by atoms with E-state index in [0.717, 1.165) is 23.9 Å². The standard InChI is InChI=1S/C14H26N4O/c1-4-18-14(12(19-3)9-16-18)13(17-15)11-7-5-6-10(2)8-11/h9-11,13,17H,4-8,15H2,1-3H3. The van der Waals surface area contributed by atoms with Crippen molar-refractivity contribution in [2.45, 2.75) is 52.1 Å². The number of hydrogen-bond acceptors (Lipinski definition) is 4. The van der Waals surface area contributed by atoms with Gasteiger partial charge in [-0.05, 0) is 31.6 Å². The van der Waals surface area contributed by atoms with Crippen LogP contribution in [0.3, 0.4) is 0 Å². The number of nitrogens with zero attached hydrogens (tertiary/aromatic N) is 2. The molecule has 0 radical (unpaired) electrons. The first-order valence-corrected chi connectivity index (χ1v) is 7.27. The van der Waals surface area contributed by atoms with Gasteiger partial charge in [0.25, 0.3) is 0 Å². The first kappa shape index (κ1) is 14.3. The maximum Gasteiger partial charge on any atom is 0.161 e. The molecule has 1 heterocycles. The quantitative estimate of drug-likeness (QED) is 0.633. The zero-order chi connectivity index (χ0) is 13.8. The zero-order valence-corrected chi connectivity index (χ0v) is 12.2. The van der Waals surface area contributed by atoms with Gasteiger partial charge >= 0.3 is 0 Å². The predicted octanol–water partition coefficient (Wildman–Crippen LogP) is 2.24. The highest BCUT2D eigenvalue weighted by Crippen LogP contribution is 2.39. The van der Waals surface area contributed by atoms with E-state index in [2.05, 4.69) is 24.4 Å². The third-order valence-corrected chi connectivity index (χ3v) is 4.29. The minimum Gasteiger partial charge on any atom is -0.493 e. The van der Waals surface area contributed by atoms with Crippen LogP contribution in [0.1, 0.15) is 51.3 Å². The van der Waals surface area contributed by atoms with E-state index in [-0.39, 0.29) is 6.04 Å². The second-order valence-electron chi connectivity index (χ2n) is 5.59. The summed E-state index contributed by atoms with van der Waals surface area (Å²) in [5.41, 5.74) is 4.09. The van der Waals surface area contributed by atoms with Crippen LogP contribution in [0.15, 0.2) is 6.20 Å². The van der Waals surface area contributed by atoms with Gasteiger partial charge in [-0.25, -0.2) is 0 Å². The van der Waals surface area contributed by atoms with E-state index in [1.54, 1.807) is 13.3 Å². The summed E-state index contributed by atoms with van der Waals surface area (Å²) in [6.07, 6.45) is 6.84. The van der Waals surface area contributed by atoms with Crippen molar-refractivity contribution in [3.05, 3.63) is 11.9 Å². The first-order valence-electron chi connectivity index (χ1n) is 7.27. The molecule has 2 rings (SSSR count). The van der Waals surface area contributed by atoms with Crippen LogP contribution >= 0.6 is 0 Å². The lowest BCUT2D eigenvalue weighted by Crippen LogP contribution is -2.37. The molecule has 5 heteroatoms. The van der Waals surface area contributed by atoms with Gasteiger partial charge in [-0.2, -0.15) is 5.10 Å². The Hall–Kier alpha value is -1.07. The zero-order valence-electron chi connectivity index (χ0n) is 12.2. The van der Waals surface area contributed by atoms with Gasteiger partial charge in [-0.1, -0.05) is 19.8 Å². The molecule has 5 nitrogen and oxygen atoms in total. The Morgan fingerprint density at radius 2 is 2.37 bits per heavy atom. The summed E-state index contributed by atoms with van der Waals surface area (Å²) in [6, 6.07) is 0.125. The van der Waals surface area contributed by atoms with Gasteiger partial charge in [0.05, 0.1) is 25.0 Å². The highest BCUT2D eigenvalue weighted by molar-refractivity contribution is 5.29. The lowest BCUT2D eigenvalue weighted by Gasteiger charge is -2.33. The van der Waals surface area contributed by atoms with Crippen molar-refractivity contribution in [1.82, 2.24) is 15.2 Å². The number of aryl methyl sites for hydroxylation is 1. The fraction of sp³-hybridized carbons (Fsp3) is 0.786. The highest BCUT2D eigenvalue weighted by atomic mass is 16.5. The molecule has 3 atom stereocenters. The molecule has 1 aliphatic carbocycles. The first-order chi connectivity index (χ1) is 9.21. The van der Waals surface area contributed by atoms with Crippen molar-refractivity contribution < 1.29 is 4.74 Å². The second kappa shape index (κ2) is 6.39. The van der Waals surface area contributed by atoms with Gasteiger partial charge in [-0.3, -0.25) is 16.0 Å². The number of aromatic nitrogens is 2. The van der Waals surface area contributed by atoms with E-state index in [1.807, 2.05) is 4.68 Å². The highest BCUT2D eigenvalue weighted by Gasteiger charge is 2.31. The molecule has 1 saturated carbocycles. The molecular weight excluding hydrogens is 240 g/mol. The van der Waals surface area contributed by atoms with Crippen LogP contribution in [0.4, 0.5) is 0 Å². The van der Waals surface area contributed by atoms with E-state index < -0.39 is 0 Å². The van der Waals surface area contributed by atoms with Crippen LogP contribution < -0.4 is 16.0 Å². The minimum absolute atomic E-state index is 0.125. The molecule has 3 N–H and O–H groups in total. The normalized spacial score (nSPS) is 25.3. The number of hydrogen-bond donors (Lipinski definition) is 2. The molecule has 1 aliphatic rings. The van der Waals surface area contributed by atoms with Crippen molar-refractivity contribution >= 4 is 0 Å². The Morgan fingerprint density at radius 3 is 2.95 bits per heavy atom. The van der Waals surface area contributed by atoms with Gasteiger partial charge < -0.3 is 4.74 Å². The second-order valence-corrected chi connectivity index (χ2v) is 5.59. The lowest BCUT2D eigenvalue weighted by atomic mass is 9.78. The Labute approximate surface area is 115 Å². The van der Waals surface area contributed by atoms with Crippen LogP contribution in [0.25, 0.3) is 0 Å². The summed E-state index contributed by atoms with van der Waals surface area (Å²) in [5, 5.41) is 4.38. The molecule has 0 amide bonds. The molecular formula is C14H26N4O. The fourth-order valence-corrected chi connectivity index (χ4v) is 3.32. The molecule has 108 valence electrons. The number of ether oxygens (including phenoxy) is 1. The average molecular weight is 266 g/mol. The molecule has 0 aliphatic heterocycles. The number of methoxy groups -OCH3 is 1. The Balaban J connectivity index is 2.27. The fourth-order valence-electron chi connectivity index (χ4n) is 3.32. The summed E-state index contributed by atoms with van der Waals surface area (Å²) >= 11 is 0. The van der Waals surface area contributed by atoms with Gasteiger partial charge in [-0.15, -0.1) is 0 Å². The summed E-state index contributed by atoms with van der Waals surface area (Å²) < 4.78 is 7.44.